The van der Waals surface area contributed by atoms with Gasteiger partial charge in [-0.25, -0.2) is 13.4 Å². The second-order valence-electron chi connectivity index (χ2n) is 6.36. The number of hydrogen-bond acceptors (Lipinski definition) is 5. The highest BCUT2D eigenvalue weighted by molar-refractivity contribution is 7.88. The fourth-order valence-electron chi connectivity index (χ4n) is 2.94. The molecule has 1 aliphatic rings. The van der Waals surface area contributed by atoms with E-state index in [-0.39, 0.29) is 18.5 Å². The molecule has 0 radical (unpaired) electrons. The summed E-state index contributed by atoms with van der Waals surface area (Å²) in [6.07, 6.45) is 3.34. The fourth-order valence-corrected chi connectivity index (χ4v) is 3.93. The van der Waals surface area contributed by atoms with Gasteiger partial charge in [-0.05, 0) is 13.8 Å². The van der Waals surface area contributed by atoms with Crippen molar-refractivity contribution in [3.8, 4) is 0 Å². The van der Waals surface area contributed by atoms with E-state index in [0.29, 0.717) is 25.3 Å². The van der Waals surface area contributed by atoms with E-state index in [9.17, 15) is 13.2 Å². The largest absolute Gasteiger partial charge is 0.383 e. The molecule has 0 saturated heterocycles. The minimum atomic E-state index is -3.52. The lowest BCUT2D eigenvalue weighted by atomic mass is 10.0. The maximum Gasteiger partial charge on any atom is 0.246 e. The number of rotatable bonds is 6. The van der Waals surface area contributed by atoms with Gasteiger partial charge in [0.2, 0.25) is 15.9 Å². The van der Waals surface area contributed by atoms with Crippen molar-refractivity contribution in [2.24, 2.45) is 0 Å². The van der Waals surface area contributed by atoms with Gasteiger partial charge in [0, 0.05) is 39.7 Å². The number of hydrogen-bond donors (Lipinski definition) is 0. The number of imidazole rings is 1. The molecule has 0 bridgehead atoms. The van der Waals surface area contributed by atoms with Crippen LogP contribution >= 0.6 is 0 Å². The zero-order valence-electron chi connectivity index (χ0n) is 14.9. The summed E-state index contributed by atoms with van der Waals surface area (Å²) in [5.74, 6) is -0.263. The van der Waals surface area contributed by atoms with Crippen molar-refractivity contribution in [3.63, 3.8) is 0 Å². The summed E-state index contributed by atoms with van der Waals surface area (Å²) >= 11 is 0. The molecule has 0 fully saturated rings. The van der Waals surface area contributed by atoms with Crippen LogP contribution in [-0.4, -0.2) is 73.2 Å². The van der Waals surface area contributed by atoms with E-state index >= 15 is 0 Å². The van der Waals surface area contributed by atoms with Crippen molar-refractivity contribution in [3.05, 3.63) is 17.7 Å². The average molecular weight is 358 g/mol. The molecule has 0 aromatic carbocycles. The number of aromatic nitrogens is 2. The second kappa shape index (κ2) is 7.20. The molecule has 0 spiro atoms. The molecule has 24 heavy (non-hydrogen) atoms. The lowest BCUT2D eigenvalue weighted by Gasteiger charge is -2.36. The Morgan fingerprint density at radius 1 is 1.50 bits per heavy atom. The number of ether oxygens (including phenoxy) is 1. The predicted octanol–water partition coefficient (Wildman–Crippen LogP) is 0.428. The van der Waals surface area contributed by atoms with Crippen LogP contribution in [0.1, 0.15) is 37.3 Å². The van der Waals surface area contributed by atoms with Crippen molar-refractivity contribution < 1.29 is 17.9 Å². The van der Waals surface area contributed by atoms with Crippen LogP contribution < -0.4 is 0 Å². The van der Waals surface area contributed by atoms with Crippen molar-refractivity contribution in [2.45, 2.75) is 32.4 Å². The highest BCUT2D eigenvalue weighted by Gasteiger charge is 2.42. The van der Waals surface area contributed by atoms with E-state index < -0.39 is 16.1 Å². The van der Waals surface area contributed by atoms with Gasteiger partial charge < -0.3 is 14.2 Å². The van der Waals surface area contributed by atoms with Gasteiger partial charge >= 0.3 is 0 Å². The predicted molar refractivity (Wildman–Crippen MR) is 90.1 cm³/mol. The molecular weight excluding hydrogens is 332 g/mol. The fraction of sp³-hybridized carbons (Fsp3) is 0.733. The van der Waals surface area contributed by atoms with Gasteiger partial charge in [0.1, 0.15) is 6.04 Å². The third kappa shape index (κ3) is 3.62. The first-order valence-corrected chi connectivity index (χ1v) is 9.79. The number of carbonyl (C=O) groups excluding carboxylic acids is 1. The molecule has 1 aromatic heterocycles. The lowest BCUT2D eigenvalue weighted by molar-refractivity contribution is -0.135. The summed E-state index contributed by atoms with van der Waals surface area (Å²) in [7, 11) is -0.302. The van der Waals surface area contributed by atoms with E-state index in [1.807, 2.05) is 18.4 Å². The highest BCUT2D eigenvalue weighted by atomic mass is 32.2. The standard InChI is InChI=1S/C15H26N4O4S/c1-11(2)18-10-16-12-6-7-19(24(5,21)22)14(13(12)18)15(20)17(3)8-9-23-4/h10-11,14H,6-9H2,1-5H3. The maximum atomic E-state index is 13.0. The first-order valence-electron chi connectivity index (χ1n) is 7.94. The summed E-state index contributed by atoms with van der Waals surface area (Å²) in [4.78, 5) is 18.9. The molecule has 1 atom stereocenters. The lowest BCUT2D eigenvalue weighted by Crippen LogP contribution is -2.48. The van der Waals surface area contributed by atoms with Crippen molar-refractivity contribution in [2.75, 3.05) is 40.1 Å². The van der Waals surface area contributed by atoms with E-state index in [4.69, 9.17) is 4.74 Å². The Kier molecular flexibility index (Phi) is 5.67. The van der Waals surface area contributed by atoms with Gasteiger partial charge in [0.25, 0.3) is 0 Å². The summed E-state index contributed by atoms with van der Waals surface area (Å²) in [6.45, 7) is 5.02. The maximum absolute atomic E-state index is 13.0. The van der Waals surface area contributed by atoms with Crippen LogP contribution in [0.2, 0.25) is 0 Å². The topological polar surface area (TPSA) is 84.7 Å². The quantitative estimate of drug-likeness (QED) is 0.736. The number of methoxy groups -OCH3 is 1. The van der Waals surface area contributed by atoms with E-state index in [0.717, 1.165) is 11.9 Å². The van der Waals surface area contributed by atoms with Gasteiger partial charge in [-0.15, -0.1) is 0 Å². The van der Waals surface area contributed by atoms with Crippen LogP contribution in [0.4, 0.5) is 0 Å². The normalized spacial score (nSPS) is 18.7. The molecule has 2 rings (SSSR count). The number of carbonyl (C=O) groups is 1. The van der Waals surface area contributed by atoms with Crippen molar-refractivity contribution in [1.29, 1.82) is 0 Å². The third-order valence-corrected chi connectivity index (χ3v) is 5.50. The molecule has 1 unspecified atom stereocenters. The Labute approximate surface area is 143 Å². The van der Waals surface area contributed by atoms with E-state index in [1.165, 1.54) is 9.21 Å². The van der Waals surface area contributed by atoms with Gasteiger partial charge in [-0.2, -0.15) is 4.31 Å². The Hall–Kier alpha value is -1.45. The molecule has 1 aliphatic heterocycles. The highest BCUT2D eigenvalue weighted by Crippen LogP contribution is 2.34. The molecule has 0 saturated carbocycles. The molecule has 1 amide bonds. The van der Waals surface area contributed by atoms with Crippen LogP contribution in [0.5, 0.6) is 0 Å². The molecule has 1 aromatic rings. The van der Waals surface area contributed by atoms with Crippen LogP contribution in [0, 0.1) is 0 Å². The Balaban J connectivity index is 2.49. The van der Waals surface area contributed by atoms with Gasteiger partial charge in [-0.3, -0.25) is 4.79 Å². The summed E-state index contributed by atoms with van der Waals surface area (Å²) in [5, 5.41) is 0. The van der Waals surface area contributed by atoms with Crippen LogP contribution in [0.25, 0.3) is 0 Å². The van der Waals surface area contributed by atoms with Crippen molar-refractivity contribution >= 4 is 15.9 Å². The smallest absolute Gasteiger partial charge is 0.246 e. The van der Waals surface area contributed by atoms with Gasteiger partial charge in [-0.1, -0.05) is 0 Å². The zero-order valence-corrected chi connectivity index (χ0v) is 15.7. The second-order valence-corrected chi connectivity index (χ2v) is 8.29. The number of fused-ring (bicyclic) bond motifs is 1. The van der Waals surface area contributed by atoms with Crippen molar-refractivity contribution in [1.82, 2.24) is 18.8 Å². The Morgan fingerprint density at radius 2 is 2.17 bits per heavy atom. The molecule has 0 N–H and O–H groups in total. The number of nitrogens with zero attached hydrogens (tertiary/aromatic N) is 4. The SMILES string of the molecule is COCCN(C)C(=O)C1c2c(ncn2C(C)C)CCN1S(C)(=O)=O. The van der Waals surface area contributed by atoms with E-state index in [1.54, 1.807) is 20.5 Å². The molecule has 2 heterocycles. The Morgan fingerprint density at radius 3 is 2.71 bits per heavy atom. The average Bonchev–Trinajstić information content (AvgIpc) is 2.94. The molecule has 9 heteroatoms. The molecule has 136 valence electrons. The molecular formula is C15H26N4O4S. The van der Waals surface area contributed by atoms with Crippen LogP contribution in [0.15, 0.2) is 6.33 Å². The minimum absolute atomic E-state index is 0.0836. The Bertz CT molecular complexity index is 698. The first-order chi connectivity index (χ1) is 11.2. The van der Waals surface area contributed by atoms with Crippen LogP contribution in [0.3, 0.4) is 0 Å². The summed E-state index contributed by atoms with van der Waals surface area (Å²) in [6, 6.07) is -0.796. The number of amides is 1. The summed E-state index contributed by atoms with van der Waals surface area (Å²) < 4.78 is 32.7. The number of sulfonamides is 1. The summed E-state index contributed by atoms with van der Waals surface area (Å²) in [5.41, 5.74) is 1.47. The first kappa shape index (κ1) is 18.9. The monoisotopic (exact) mass is 358 g/mol. The molecule has 0 aliphatic carbocycles. The van der Waals surface area contributed by atoms with E-state index in [2.05, 4.69) is 4.98 Å². The van der Waals surface area contributed by atoms with Gasteiger partial charge in [0.15, 0.2) is 0 Å². The molecule has 8 nitrogen and oxygen atoms in total. The minimum Gasteiger partial charge on any atom is -0.383 e. The van der Waals surface area contributed by atoms with Gasteiger partial charge in [0.05, 0.1) is 30.6 Å². The number of likely N-dealkylation sites (N-methyl/N-ethyl adjacent to an activating group) is 1. The zero-order chi connectivity index (χ0) is 18.1. The van der Waals surface area contributed by atoms with Crippen LogP contribution in [-0.2, 0) is 26.0 Å². The third-order valence-electron chi connectivity index (χ3n) is 4.25.